The first kappa shape index (κ1) is 16.4. The van der Waals surface area contributed by atoms with Crippen molar-refractivity contribution < 1.29 is 14.6 Å². The van der Waals surface area contributed by atoms with Crippen LogP contribution in [0.3, 0.4) is 0 Å². The Labute approximate surface area is 130 Å². The number of carboxylic acid groups (broad SMARTS) is 1. The number of H-pyrrole nitrogens is 1. The number of carboxylic acids is 1. The first-order valence-corrected chi connectivity index (χ1v) is 7.93. The predicted molar refractivity (Wildman–Crippen MR) is 87.8 cm³/mol. The summed E-state index contributed by atoms with van der Waals surface area (Å²) in [6.07, 6.45) is 2.34. The summed E-state index contributed by atoms with van der Waals surface area (Å²) in [4.78, 5) is 16.2. The summed E-state index contributed by atoms with van der Waals surface area (Å²) in [5.74, 6) is -0.157. The highest BCUT2D eigenvalue weighted by atomic mass is 16.5. The van der Waals surface area contributed by atoms with E-state index in [1.165, 1.54) is 19.5 Å². The molecule has 5 heteroatoms. The Hall–Kier alpha value is -2.01. The van der Waals surface area contributed by atoms with Crippen molar-refractivity contribution in [1.82, 2.24) is 9.88 Å². The molecular formula is C17H24N2O3. The molecule has 3 rings (SSSR count). The van der Waals surface area contributed by atoms with E-state index in [9.17, 15) is 4.79 Å². The molecule has 1 aliphatic rings. The Morgan fingerprint density at radius 3 is 2.73 bits per heavy atom. The molecule has 1 aliphatic heterocycles. The van der Waals surface area contributed by atoms with Crippen LogP contribution in [0.25, 0.3) is 10.9 Å². The predicted octanol–water partition coefficient (Wildman–Crippen LogP) is 3.37. The van der Waals surface area contributed by atoms with E-state index < -0.39 is 5.97 Å². The maximum absolute atomic E-state index is 10.9. The van der Waals surface area contributed by atoms with Gasteiger partial charge in [-0.15, -0.1) is 0 Å². The topological polar surface area (TPSA) is 65.6 Å². The molecule has 0 radical (unpaired) electrons. The second-order valence-corrected chi connectivity index (χ2v) is 5.13. The molecule has 0 saturated carbocycles. The zero-order valence-electron chi connectivity index (χ0n) is 13.3. The Kier molecular flexibility index (Phi) is 5.83. The van der Waals surface area contributed by atoms with Crippen molar-refractivity contribution in [2.45, 2.75) is 26.7 Å². The van der Waals surface area contributed by atoms with Gasteiger partial charge in [-0.25, -0.2) is 4.79 Å². The first-order valence-electron chi connectivity index (χ1n) is 7.93. The van der Waals surface area contributed by atoms with Gasteiger partial charge in [0.15, 0.2) is 0 Å². The Balaban J connectivity index is 0.000000847. The molecule has 2 N–H and O–H groups in total. The van der Waals surface area contributed by atoms with E-state index in [0.717, 1.165) is 29.6 Å². The van der Waals surface area contributed by atoms with Crippen LogP contribution in [0.15, 0.2) is 24.3 Å². The zero-order chi connectivity index (χ0) is 15.9. The van der Waals surface area contributed by atoms with Gasteiger partial charge in [0.05, 0.1) is 6.61 Å². The molecule has 0 spiro atoms. The molecule has 2 aromatic rings. The fourth-order valence-electron chi connectivity index (χ4n) is 2.40. The van der Waals surface area contributed by atoms with Gasteiger partial charge in [0.2, 0.25) is 0 Å². The van der Waals surface area contributed by atoms with E-state index in [4.69, 9.17) is 9.84 Å². The minimum Gasteiger partial charge on any atom is -0.494 e. The third-order valence-corrected chi connectivity index (χ3v) is 3.66. The lowest BCUT2D eigenvalue weighted by atomic mass is 10.2. The number of ether oxygens (including phenoxy) is 1. The minimum absolute atomic E-state index is 0.204. The van der Waals surface area contributed by atoms with E-state index in [2.05, 4.69) is 9.88 Å². The molecule has 0 aliphatic carbocycles. The second-order valence-electron chi connectivity index (χ2n) is 5.13. The lowest BCUT2D eigenvalue weighted by Crippen LogP contribution is -2.38. The second kappa shape index (κ2) is 7.84. The van der Waals surface area contributed by atoms with Gasteiger partial charge in [-0.2, -0.15) is 0 Å². The van der Waals surface area contributed by atoms with E-state index in [1.54, 1.807) is 6.07 Å². The van der Waals surface area contributed by atoms with Crippen molar-refractivity contribution in [1.29, 1.82) is 0 Å². The van der Waals surface area contributed by atoms with Gasteiger partial charge < -0.3 is 19.7 Å². The summed E-state index contributed by atoms with van der Waals surface area (Å²) in [7, 11) is 0. The number of likely N-dealkylation sites (tertiary alicyclic amines) is 1. The van der Waals surface area contributed by atoms with Crippen molar-refractivity contribution in [3.8, 4) is 5.75 Å². The van der Waals surface area contributed by atoms with Crippen LogP contribution >= 0.6 is 0 Å². The Morgan fingerprint density at radius 1 is 1.32 bits per heavy atom. The van der Waals surface area contributed by atoms with Crippen LogP contribution in [0.1, 0.15) is 37.2 Å². The van der Waals surface area contributed by atoms with Crippen LogP contribution in [0.5, 0.6) is 5.75 Å². The maximum atomic E-state index is 10.9. The van der Waals surface area contributed by atoms with Crippen molar-refractivity contribution in [3.05, 3.63) is 30.0 Å². The number of aromatic amines is 1. The minimum atomic E-state index is -0.946. The molecule has 120 valence electrons. The third-order valence-electron chi connectivity index (χ3n) is 3.66. The van der Waals surface area contributed by atoms with Crippen LogP contribution in [-0.4, -0.2) is 47.2 Å². The highest BCUT2D eigenvalue weighted by Crippen LogP contribution is 2.22. The van der Waals surface area contributed by atoms with E-state index in [1.807, 2.05) is 32.0 Å². The number of aromatic carboxylic acids is 1. The van der Waals surface area contributed by atoms with Crippen LogP contribution in [0.4, 0.5) is 0 Å². The molecule has 22 heavy (non-hydrogen) atoms. The van der Waals surface area contributed by atoms with Crippen LogP contribution in [0, 0.1) is 0 Å². The molecular weight excluding hydrogens is 280 g/mol. The quantitative estimate of drug-likeness (QED) is 0.803. The lowest BCUT2D eigenvalue weighted by Gasteiger charge is -2.30. The number of nitrogens with zero attached hydrogens (tertiary/aromatic N) is 1. The van der Waals surface area contributed by atoms with Gasteiger partial charge in [0.25, 0.3) is 0 Å². The summed E-state index contributed by atoms with van der Waals surface area (Å²) in [6.45, 7) is 8.22. The van der Waals surface area contributed by atoms with Crippen molar-refractivity contribution in [3.63, 3.8) is 0 Å². The van der Waals surface area contributed by atoms with E-state index in [-0.39, 0.29) is 5.69 Å². The molecule has 1 fully saturated rings. The van der Waals surface area contributed by atoms with Crippen molar-refractivity contribution in [2.24, 2.45) is 0 Å². The molecule has 1 aromatic heterocycles. The third kappa shape index (κ3) is 4.01. The summed E-state index contributed by atoms with van der Waals surface area (Å²) in [5.41, 5.74) is 1.02. The van der Waals surface area contributed by atoms with E-state index in [0.29, 0.717) is 6.61 Å². The Morgan fingerprint density at radius 2 is 2.09 bits per heavy atom. The van der Waals surface area contributed by atoms with Crippen LogP contribution in [-0.2, 0) is 0 Å². The van der Waals surface area contributed by atoms with Crippen LogP contribution < -0.4 is 4.74 Å². The fourth-order valence-corrected chi connectivity index (χ4v) is 2.40. The largest absolute Gasteiger partial charge is 0.494 e. The molecule has 1 saturated heterocycles. The van der Waals surface area contributed by atoms with Gasteiger partial charge in [-0.1, -0.05) is 13.8 Å². The lowest BCUT2D eigenvalue weighted by molar-refractivity contribution is 0.0691. The summed E-state index contributed by atoms with van der Waals surface area (Å²) < 4.78 is 5.71. The molecule has 2 heterocycles. The van der Waals surface area contributed by atoms with E-state index >= 15 is 0 Å². The fraction of sp³-hybridized carbons (Fsp3) is 0.471. The number of fused-ring (bicyclic) bond motifs is 1. The van der Waals surface area contributed by atoms with Gasteiger partial charge in [-0.05, 0) is 50.2 Å². The molecule has 5 nitrogen and oxygen atoms in total. The van der Waals surface area contributed by atoms with Gasteiger partial charge in [0.1, 0.15) is 11.4 Å². The number of nitrogens with one attached hydrogen (secondary N) is 1. The highest BCUT2D eigenvalue weighted by molar-refractivity contribution is 5.94. The van der Waals surface area contributed by atoms with Gasteiger partial charge in [-0.3, -0.25) is 0 Å². The van der Waals surface area contributed by atoms with Crippen LogP contribution in [0.2, 0.25) is 0 Å². The van der Waals surface area contributed by atoms with Gasteiger partial charge in [0, 0.05) is 17.4 Å². The monoisotopic (exact) mass is 304 g/mol. The number of aromatic nitrogens is 1. The molecule has 0 amide bonds. The van der Waals surface area contributed by atoms with Crippen molar-refractivity contribution in [2.75, 3.05) is 26.2 Å². The summed E-state index contributed by atoms with van der Waals surface area (Å²) in [5, 5.41) is 9.81. The molecule has 0 bridgehead atoms. The number of rotatable bonds is 6. The van der Waals surface area contributed by atoms with Crippen molar-refractivity contribution >= 4 is 16.9 Å². The zero-order valence-corrected chi connectivity index (χ0v) is 13.3. The first-order chi connectivity index (χ1) is 10.7. The standard InChI is InChI=1S/C15H18N2O3.C2H6/c18-15(19)14-10-11-9-12(3-4-13(11)16-14)20-8-2-7-17-5-1-6-17;1-2/h3-4,9-10,16H,1-2,5-8H2,(H,18,19);1-2H3. The summed E-state index contributed by atoms with van der Waals surface area (Å²) >= 11 is 0. The maximum Gasteiger partial charge on any atom is 0.352 e. The highest BCUT2D eigenvalue weighted by Gasteiger charge is 2.12. The molecule has 1 aromatic carbocycles. The molecule has 0 unspecified atom stereocenters. The number of hydrogen-bond donors (Lipinski definition) is 2. The van der Waals surface area contributed by atoms with Gasteiger partial charge >= 0.3 is 5.97 Å². The molecule has 0 atom stereocenters. The normalized spacial score (nSPS) is 14.1. The average Bonchev–Trinajstić information content (AvgIpc) is 2.91. The number of carbonyl (C=O) groups is 1. The number of benzene rings is 1. The Bertz CT molecular complexity index is 617. The average molecular weight is 304 g/mol. The summed E-state index contributed by atoms with van der Waals surface area (Å²) in [6, 6.07) is 7.23. The number of hydrogen-bond acceptors (Lipinski definition) is 3. The SMILES string of the molecule is CC.O=C(O)c1cc2cc(OCCCN3CCC3)ccc2[nH]1. The smallest absolute Gasteiger partial charge is 0.352 e.